The highest BCUT2D eigenvalue weighted by Gasteiger charge is 2.39. The summed E-state index contributed by atoms with van der Waals surface area (Å²) in [7, 11) is 0. The van der Waals surface area contributed by atoms with E-state index in [9.17, 15) is 14.4 Å². The molecule has 0 radical (unpaired) electrons. The standard InChI is InChI=1S/C16H13ClN4.2C12H16ClN3O2.C9H6BrN.C8H14INO2.C7H8ClN3.C4H2Cl2N2.CH4.ClH/c17-16-15(18-7-8-19-16)12-9-21(10-12)14-6-5-11-3-1-2-4-13(11)20-14;2*1-12(2,3)18-11(17)16-6-8(7-16)9-10(13)15-5-4-14-9;10-9-6-5-7-3-1-2-4-8(7)11-9;1-8(2,3)12-7(11)10-4-6(9)5-10;8-7-6(5-3-9-4-5)10-1-2-11-7;5-3-4(6)8-2-1-7-3;;/h1-8,12H,9-10H2;2*4-5,8H,6-7H2,1-3H3;1-6H;6H,4-5H2,1-3H3;1-2,5,9H,3-4H2;1-2H;1H4;1H. The van der Waals surface area contributed by atoms with Crippen LogP contribution in [0.4, 0.5) is 20.2 Å². The van der Waals surface area contributed by atoms with Crippen LogP contribution in [-0.4, -0.2) is 179 Å². The second-order valence-corrected chi connectivity index (χ2v) is 30.6. The zero-order chi connectivity index (χ0) is 71.6. The van der Waals surface area contributed by atoms with E-state index >= 15 is 0 Å². The number of hydrogen-bond acceptors (Lipinski definition) is 20. The fraction of sp³-hybridized carbons (Fsp3) is 0.406. The first-order valence-corrected chi connectivity index (χ1v) is 35.7. The van der Waals surface area contributed by atoms with E-state index in [1.807, 2.05) is 111 Å². The summed E-state index contributed by atoms with van der Waals surface area (Å²) < 4.78 is 17.2. The van der Waals surface area contributed by atoms with Gasteiger partial charge in [0.25, 0.3) is 0 Å². The first kappa shape index (κ1) is 83.4. The van der Waals surface area contributed by atoms with E-state index in [0.29, 0.717) is 62.6 Å². The topological polar surface area (TPSA) is 259 Å². The molecule has 540 valence electrons. The van der Waals surface area contributed by atoms with E-state index in [0.717, 1.165) is 88.9 Å². The van der Waals surface area contributed by atoms with Crippen LogP contribution in [0, 0.1) is 0 Å². The average Bonchev–Trinajstić information content (AvgIpc) is 0.795. The molecule has 2 aromatic carbocycles. The molecule has 0 aliphatic carbocycles. The molecule has 9 aromatic rings. The van der Waals surface area contributed by atoms with Gasteiger partial charge in [0.15, 0.2) is 30.9 Å². The Bertz CT molecular complexity index is 4050. The summed E-state index contributed by atoms with van der Waals surface area (Å²) in [6.07, 6.45) is 15.1. The van der Waals surface area contributed by atoms with Gasteiger partial charge in [-0.1, -0.05) is 142 Å². The molecule has 14 rings (SSSR count). The molecule has 5 aliphatic rings. The van der Waals surface area contributed by atoms with Gasteiger partial charge < -0.3 is 39.1 Å². The monoisotopic (exact) mass is 1690 g/mol. The second-order valence-electron chi connectivity index (χ2n) is 25.9. The molecule has 23 nitrogen and oxygen atoms in total. The van der Waals surface area contributed by atoms with Gasteiger partial charge in [0.05, 0.1) is 33.8 Å². The number of fused-ring (bicyclic) bond motifs is 2. The first-order valence-electron chi connectivity index (χ1n) is 31.4. The normalized spacial score (nSPS) is 15.0. The van der Waals surface area contributed by atoms with E-state index in [-0.39, 0.29) is 65.9 Å². The molecule has 0 atom stereocenters. The van der Waals surface area contributed by atoms with Crippen LogP contribution in [-0.2, 0) is 14.2 Å². The maximum absolute atomic E-state index is 11.7. The van der Waals surface area contributed by atoms with Crippen LogP contribution in [0.5, 0.6) is 0 Å². The van der Waals surface area contributed by atoms with Gasteiger partial charge in [-0.2, -0.15) is 0 Å². The van der Waals surface area contributed by atoms with Crippen LogP contribution in [0.2, 0.25) is 30.9 Å². The third-order valence-electron chi connectivity index (χ3n) is 14.6. The van der Waals surface area contributed by atoms with E-state index < -0.39 is 11.2 Å². The first-order chi connectivity index (χ1) is 47.0. The lowest BCUT2D eigenvalue weighted by Gasteiger charge is -2.39. The molecule has 12 heterocycles. The summed E-state index contributed by atoms with van der Waals surface area (Å²) in [6.45, 7) is 24.4. The summed E-state index contributed by atoms with van der Waals surface area (Å²) in [4.78, 5) is 91.2. The molecule has 101 heavy (non-hydrogen) atoms. The van der Waals surface area contributed by atoms with Gasteiger partial charge in [-0.15, -0.1) is 12.4 Å². The van der Waals surface area contributed by atoms with E-state index in [2.05, 4.69) is 128 Å². The summed E-state index contributed by atoms with van der Waals surface area (Å²) in [5.74, 6) is 2.11. The van der Waals surface area contributed by atoms with E-state index in [1.165, 1.54) is 17.8 Å². The number of rotatable bonds is 5. The minimum absolute atomic E-state index is 0. The summed E-state index contributed by atoms with van der Waals surface area (Å²) in [5.41, 5.74) is 4.06. The van der Waals surface area contributed by atoms with E-state index in [4.69, 9.17) is 88.8 Å². The Hall–Kier alpha value is -6.53. The van der Waals surface area contributed by atoms with Gasteiger partial charge in [0, 0.05) is 166 Å². The van der Waals surface area contributed by atoms with Crippen LogP contribution >= 0.6 is 121 Å². The predicted molar refractivity (Wildman–Crippen MR) is 413 cm³/mol. The zero-order valence-electron chi connectivity index (χ0n) is 56.2. The number of carbonyl (C=O) groups is 3. The maximum Gasteiger partial charge on any atom is 0.410 e. The van der Waals surface area contributed by atoms with Gasteiger partial charge in [0.1, 0.15) is 27.2 Å². The minimum atomic E-state index is -0.466. The van der Waals surface area contributed by atoms with E-state index in [1.54, 1.807) is 64.3 Å². The number of ether oxygens (including phenoxy) is 3. The Balaban J connectivity index is 0.000000189. The van der Waals surface area contributed by atoms with Crippen molar-refractivity contribution in [1.82, 2.24) is 79.8 Å². The predicted octanol–water partition coefficient (Wildman–Crippen LogP) is 16.9. The quantitative estimate of drug-likeness (QED) is 0.0726. The number of hydrogen-bond donors (Lipinski definition) is 1. The van der Waals surface area contributed by atoms with Gasteiger partial charge in [0.2, 0.25) is 0 Å². The number of para-hydroxylation sites is 2. The van der Waals surface area contributed by atoms with Crippen LogP contribution in [0.1, 0.15) is 116 Å². The molecule has 0 bridgehead atoms. The number of benzene rings is 2. The van der Waals surface area contributed by atoms with Crippen molar-refractivity contribution in [3.05, 3.63) is 193 Å². The van der Waals surface area contributed by atoms with Gasteiger partial charge in [-0.3, -0.25) is 19.9 Å². The number of nitrogens with zero attached hydrogens (tertiary/aromatic N) is 16. The molecule has 32 heteroatoms. The molecule has 5 aliphatic heterocycles. The Morgan fingerprint density at radius 1 is 0.426 bits per heavy atom. The number of anilines is 1. The molecule has 1 N–H and O–H groups in total. The molecule has 3 amide bonds. The van der Waals surface area contributed by atoms with Crippen LogP contribution in [0.3, 0.4) is 0 Å². The lowest BCUT2D eigenvalue weighted by atomic mass is 9.96. The average molecular weight is 1700 g/mol. The van der Waals surface area contributed by atoms with Crippen LogP contribution < -0.4 is 10.2 Å². The third-order valence-corrected chi connectivity index (χ3v) is 17.6. The number of likely N-dealkylation sites (tertiary alicyclic amines) is 3. The molecule has 0 spiro atoms. The summed E-state index contributed by atoms with van der Waals surface area (Å²) >= 11 is 40.3. The molecular weight excluding hydrogens is 1620 g/mol. The molecule has 5 fully saturated rings. The largest absolute Gasteiger partial charge is 0.444 e. The number of nitrogens with one attached hydrogen (secondary N) is 1. The Morgan fingerprint density at radius 3 is 1.06 bits per heavy atom. The number of aromatic nitrogens is 12. The smallest absolute Gasteiger partial charge is 0.410 e. The Kier molecular flexibility index (Phi) is 32.1. The SMILES string of the molecule is Brc1ccc2ccccc2n1.C.CC(C)(C)OC(=O)N1CC(I)C1.CC(C)(C)OC(=O)N1CC(c2nccnc2Cl)C1.CC(C)(C)OC(=O)N1CC(c2nccnc2Cl)C1.Cl.Clc1nccnc1C1CN(c2ccc3ccccc3n2)C1.Clc1nccnc1C1CNC1.Clc1nccnc1Cl. The highest BCUT2D eigenvalue weighted by Crippen LogP contribution is 2.35. The van der Waals surface area contributed by atoms with Crippen LogP contribution in [0.15, 0.2) is 139 Å². The van der Waals surface area contributed by atoms with Crippen molar-refractivity contribution in [1.29, 1.82) is 0 Å². The highest BCUT2D eigenvalue weighted by atomic mass is 127. The number of carbonyl (C=O) groups excluding carboxylic acids is 3. The number of amides is 3. The summed E-state index contributed by atoms with van der Waals surface area (Å²) in [6, 6.07) is 24.4. The number of pyridine rings is 2. The molecule has 0 saturated carbocycles. The minimum Gasteiger partial charge on any atom is -0.444 e. The van der Waals surface area contributed by atoms with Gasteiger partial charge >= 0.3 is 18.3 Å². The van der Waals surface area contributed by atoms with Crippen molar-refractivity contribution >= 4 is 166 Å². The van der Waals surface area contributed by atoms with Crippen molar-refractivity contribution < 1.29 is 28.6 Å². The highest BCUT2D eigenvalue weighted by molar-refractivity contribution is 14.1. The fourth-order valence-electron chi connectivity index (χ4n) is 9.47. The van der Waals surface area contributed by atoms with Crippen LogP contribution in [0.25, 0.3) is 21.8 Å². The summed E-state index contributed by atoms with van der Waals surface area (Å²) in [5, 5.41) is 7.85. The molecule has 5 saturated heterocycles. The molecule has 7 aromatic heterocycles. The van der Waals surface area contributed by atoms with Gasteiger partial charge in [-0.05, 0) is 109 Å². The lowest BCUT2D eigenvalue weighted by Crippen LogP contribution is -2.52. The molecular formula is C69H80BrCl7IN17O6. The van der Waals surface area contributed by atoms with Crippen molar-refractivity contribution in [2.24, 2.45) is 0 Å². The lowest BCUT2D eigenvalue weighted by molar-refractivity contribution is 0.00693. The Labute approximate surface area is 647 Å². The fourth-order valence-corrected chi connectivity index (χ4v) is 12.0. The number of alkyl halides is 1. The Morgan fingerprint density at radius 2 is 0.733 bits per heavy atom. The molecule has 0 unspecified atom stereocenters. The second kappa shape index (κ2) is 38.8. The van der Waals surface area contributed by atoms with Crippen molar-refractivity contribution in [2.75, 3.05) is 70.3 Å². The number of halogens is 9. The van der Waals surface area contributed by atoms with Gasteiger partial charge in [-0.25, -0.2) is 54.3 Å². The van der Waals surface area contributed by atoms with Crippen molar-refractivity contribution in [2.45, 2.75) is 114 Å². The van der Waals surface area contributed by atoms with Crippen molar-refractivity contribution in [3.63, 3.8) is 0 Å². The third kappa shape index (κ3) is 26.0. The van der Waals surface area contributed by atoms with Crippen molar-refractivity contribution in [3.8, 4) is 0 Å². The maximum atomic E-state index is 11.7. The zero-order valence-corrected chi connectivity index (χ0v) is 65.3.